The highest BCUT2D eigenvalue weighted by molar-refractivity contribution is 5.55. The van der Waals surface area contributed by atoms with Crippen molar-refractivity contribution in [2.24, 2.45) is 5.73 Å². The number of nitrogens with two attached hydrogens (primary N) is 1. The Hall–Kier alpha value is -1.08. The Morgan fingerprint density at radius 1 is 1.21 bits per heavy atom. The van der Waals surface area contributed by atoms with Crippen LogP contribution >= 0.6 is 0 Å². The molecule has 14 heavy (non-hydrogen) atoms. The Bertz CT molecular complexity index is 328. The van der Waals surface area contributed by atoms with Crippen molar-refractivity contribution in [3.63, 3.8) is 0 Å². The van der Waals surface area contributed by atoms with Crippen LogP contribution in [0.1, 0.15) is 30.5 Å². The molecule has 0 aromatic heterocycles. The maximum Gasteiger partial charge on any atom is 0.0225 e. The smallest absolute Gasteiger partial charge is 0.0225 e. The van der Waals surface area contributed by atoms with Crippen LogP contribution in [-0.2, 0) is 0 Å². The van der Waals surface area contributed by atoms with Crippen molar-refractivity contribution < 1.29 is 0 Å². The van der Waals surface area contributed by atoms with Gasteiger partial charge in [-0.05, 0) is 33.3 Å². The summed E-state index contributed by atoms with van der Waals surface area (Å²) in [5, 5.41) is 0. The van der Waals surface area contributed by atoms with Crippen LogP contribution in [-0.4, -0.2) is 6.04 Å². The Kier molecular flexibility index (Phi) is 3.48. The third kappa shape index (κ3) is 3.00. The van der Waals surface area contributed by atoms with Crippen LogP contribution in [0.2, 0.25) is 0 Å². The lowest BCUT2D eigenvalue weighted by atomic mass is 10.0. The summed E-state index contributed by atoms with van der Waals surface area (Å²) in [6.07, 6.45) is 2.16. The molecule has 1 aromatic carbocycles. The van der Waals surface area contributed by atoms with Gasteiger partial charge in [-0.1, -0.05) is 41.0 Å². The van der Waals surface area contributed by atoms with Crippen LogP contribution in [0.25, 0.3) is 6.08 Å². The van der Waals surface area contributed by atoms with E-state index in [0.717, 1.165) is 0 Å². The molecule has 0 bridgehead atoms. The standard InChI is InChI=1S/C13H19N/c1-9-5-10(2)7-13(6-9)8-11(3)12(4)14/h5-8,12H,14H2,1-4H3/b11-8+. The zero-order valence-corrected chi connectivity index (χ0v) is 9.46. The zero-order valence-electron chi connectivity index (χ0n) is 9.46. The van der Waals surface area contributed by atoms with Gasteiger partial charge in [-0.2, -0.15) is 0 Å². The summed E-state index contributed by atoms with van der Waals surface area (Å²) in [7, 11) is 0. The Balaban J connectivity index is 3.02. The van der Waals surface area contributed by atoms with Gasteiger partial charge in [0.05, 0.1) is 0 Å². The monoisotopic (exact) mass is 189 g/mol. The summed E-state index contributed by atoms with van der Waals surface area (Å²) >= 11 is 0. The van der Waals surface area contributed by atoms with E-state index in [1.54, 1.807) is 0 Å². The number of aryl methyl sites for hydroxylation is 2. The minimum Gasteiger partial charge on any atom is -0.324 e. The van der Waals surface area contributed by atoms with Crippen LogP contribution in [0, 0.1) is 13.8 Å². The van der Waals surface area contributed by atoms with Crippen molar-refractivity contribution in [3.8, 4) is 0 Å². The van der Waals surface area contributed by atoms with Gasteiger partial charge in [0.25, 0.3) is 0 Å². The zero-order chi connectivity index (χ0) is 10.7. The summed E-state index contributed by atoms with van der Waals surface area (Å²) in [6.45, 7) is 8.31. The second-order valence-electron chi connectivity index (χ2n) is 4.10. The minimum atomic E-state index is 0.135. The van der Waals surface area contributed by atoms with Gasteiger partial charge in [0.2, 0.25) is 0 Å². The lowest BCUT2D eigenvalue weighted by Gasteiger charge is -2.06. The number of hydrogen-bond donors (Lipinski definition) is 1. The first-order valence-electron chi connectivity index (χ1n) is 5.01. The van der Waals surface area contributed by atoms with Gasteiger partial charge in [0.1, 0.15) is 0 Å². The second kappa shape index (κ2) is 4.43. The van der Waals surface area contributed by atoms with Crippen molar-refractivity contribution >= 4 is 6.08 Å². The fraction of sp³-hybridized carbons (Fsp3) is 0.385. The molecule has 2 N–H and O–H groups in total. The molecule has 0 aliphatic rings. The molecule has 1 aromatic rings. The van der Waals surface area contributed by atoms with Crippen molar-refractivity contribution in [1.29, 1.82) is 0 Å². The normalized spacial score (nSPS) is 14.2. The molecule has 0 saturated heterocycles. The molecule has 0 radical (unpaired) electrons. The van der Waals surface area contributed by atoms with Crippen molar-refractivity contribution in [1.82, 2.24) is 0 Å². The Morgan fingerprint density at radius 3 is 2.14 bits per heavy atom. The summed E-state index contributed by atoms with van der Waals surface area (Å²) in [6, 6.07) is 6.67. The van der Waals surface area contributed by atoms with Crippen LogP contribution in [0.15, 0.2) is 23.8 Å². The quantitative estimate of drug-likeness (QED) is 0.760. The summed E-state index contributed by atoms with van der Waals surface area (Å²) in [5.74, 6) is 0. The molecule has 76 valence electrons. The predicted octanol–water partition coefficient (Wildman–Crippen LogP) is 3.05. The molecule has 0 aliphatic carbocycles. The third-order valence-electron chi connectivity index (χ3n) is 2.36. The fourth-order valence-corrected chi connectivity index (χ4v) is 1.49. The fourth-order valence-electron chi connectivity index (χ4n) is 1.49. The molecule has 1 rings (SSSR count). The summed E-state index contributed by atoms with van der Waals surface area (Å²) in [4.78, 5) is 0. The van der Waals surface area contributed by atoms with Crippen molar-refractivity contribution in [2.45, 2.75) is 33.7 Å². The van der Waals surface area contributed by atoms with E-state index in [1.807, 2.05) is 6.92 Å². The lowest BCUT2D eigenvalue weighted by molar-refractivity contribution is 0.868. The molecule has 0 aliphatic heterocycles. The first-order chi connectivity index (χ1) is 6.49. The molecule has 1 unspecified atom stereocenters. The highest BCUT2D eigenvalue weighted by Gasteiger charge is 1.98. The molecule has 0 heterocycles. The minimum absolute atomic E-state index is 0.135. The van der Waals surface area contributed by atoms with E-state index in [4.69, 9.17) is 5.73 Å². The number of rotatable bonds is 2. The van der Waals surface area contributed by atoms with Crippen LogP contribution in [0.4, 0.5) is 0 Å². The van der Waals surface area contributed by atoms with Gasteiger partial charge in [0, 0.05) is 6.04 Å². The van der Waals surface area contributed by atoms with Crippen LogP contribution < -0.4 is 5.73 Å². The first-order valence-corrected chi connectivity index (χ1v) is 5.01. The van der Waals surface area contributed by atoms with E-state index in [2.05, 4.69) is 45.0 Å². The first kappa shape index (κ1) is 11.0. The molecule has 0 amide bonds. The maximum absolute atomic E-state index is 5.79. The molecule has 1 nitrogen and oxygen atoms in total. The van der Waals surface area contributed by atoms with E-state index in [-0.39, 0.29) is 6.04 Å². The maximum atomic E-state index is 5.79. The average molecular weight is 189 g/mol. The van der Waals surface area contributed by atoms with Crippen LogP contribution in [0.5, 0.6) is 0 Å². The molecule has 1 heteroatoms. The Labute approximate surface area is 86.6 Å². The van der Waals surface area contributed by atoms with E-state index in [1.165, 1.54) is 22.3 Å². The lowest BCUT2D eigenvalue weighted by Crippen LogP contribution is -2.15. The van der Waals surface area contributed by atoms with Crippen LogP contribution in [0.3, 0.4) is 0 Å². The molecular weight excluding hydrogens is 170 g/mol. The molecule has 1 atom stereocenters. The topological polar surface area (TPSA) is 26.0 Å². The van der Waals surface area contributed by atoms with Crippen molar-refractivity contribution in [2.75, 3.05) is 0 Å². The van der Waals surface area contributed by atoms with Gasteiger partial charge in [-0.3, -0.25) is 0 Å². The molecule has 0 spiro atoms. The van der Waals surface area contributed by atoms with E-state index >= 15 is 0 Å². The van der Waals surface area contributed by atoms with Gasteiger partial charge >= 0.3 is 0 Å². The van der Waals surface area contributed by atoms with Gasteiger partial charge in [0.15, 0.2) is 0 Å². The third-order valence-corrected chi connectivity index (χ3v) is 2.36. The highest BCUT2D eigenvalue weighted by Crippen LogP contribution is 2.13. The summed E-state index contributed by atoms with van der Waals surface area (Å²) in [5.41, 5.74) is 10.9. The summed E-state index contributed by atoms with van der Waals surface area (Å²) < 4.78 is 0. The average Bonchev–Trinajstić information content (AvgIpc) is 2.01. The van der Waals surface area contributed by atoms with Gasteiger partial charge < -0.3 is 5.73 Å². The second-order valence-corrected chi connectivity index (χ2v) is 4.10. The Morgan fingerprint density at radius 2 is 1.71 bits per heavy atom. The van der Waals surface area contributed by atoms with Gasteiger partial charge in [-0.15, -0.1) is 0 Å². The molecule has 0 saturated carbocycles. The number of hydrogen-bond acceptors (Lipinski definition) is 1. The predicted molar refractivity (Wildman–Crippen MR) is 63.2 cm³/mol. The molecule has 0 fully saturated rings. The van der Waals surface area contributed by atoms with Gasteiger partial charge in [-0.25, -0.2) is 0 Å². The highest BCUT2D eigenvalue weighted by atomic mass is 14.6. The van der Waals surface area contributed by atoms with E-state index < -0.39 is 0 Å². The number of benzene rings is 1. The van der Waals surface area contributed by atoms with E-state index in [9.17, 15) is 0 Å². The largest absolute Gasteiger partial charge is 0.324 e. The van der Waals surface area contributed by atoms with Crippen molar-refractivity contribution in [3.05, 3.63) is 40.5 Å². The molecular formula is C13H19N. The van der Waals surface area contributed by atoms with E-state index in [0.29, 0.717) is 0 Å². The SMILES string of the molecule is C/C(=C\c1cc(C)cc(C)c1)C(C)N.